The first kappa shape index (κ1) is 15.9. The van der Waals surface area contributed by atoms with Crippen molar-refractivity contribution in [2.45, 2.75) is 6.42 Å². The Morgan fingerprint density at radius 1 is 1.41 bits per heavy atom. The van der Waals surface area contributed by atoms with Crippen LogP contribution >= 0.6 is 0 Å². The quantitative estimate of drug-likeness (QED) is 0.419. The van der Waals surface area contributed by atoms with E-state index >= 15 is 0 Å². The molecule has 0 atom stereocenters. The third-order valence-corrected chi connectivity index (χ3v) is 3.20. The number of likely N-dealkylation sites (N-methyl/N-ethyl adjacent to an activating group) is 1. The van der Waals surface area contributed by atoms with Gasteiger partial charge in [-0.1, -0.05) is 6.58 Å². The van der Waals surface area contributed by atoms with Crippen molar-refractivity contribution in [3.63, 3.8) is 0 Å². The van der Waals surface area contributed by atoms with Gasteiger partial charge in [0.15, 0.2) is 0 Å². The number of amides is 2. The van der Waals surface area contributed by atoms with Crippen molar-refractivity contribution in [3.8, 4) is 0 Å². The SMILES string of the molecule is C=CC(=O)N1CC[N+](C)(CCC(N)=O)CC1.[Cl-]. The van der Waals surface area contributed by atoms with Crippen molar-refractivity contribution in [1.82, 2.24) is 4.90 Å². The van der Waals surface area contributed by atoms with E-state index in [1.165, 1.54) is 6.08 Å². The lowest BCUT2D eigenvalue weighted by atomic mass is 10.2. The van der Waals surface area contributed by atoms with E-state index in [2.05, 4.69) is 13.6 Å². The van der Waals surface area contributed by atoms with E-state index in [0.717, 1.165) is 37.2 Å². The molecule has 6 heteroatoms. The molecule has 2 N–H and O–H groups in total. The van der Waals surface area contributed by atoms with E-state index in [4.69, 9.17) is 5.73 Å². The molecule has 5 nitrogen and oxygen atoms in total. The first-order valence-corrected chi connectivity index (χ1v) is 5.50. The minimum atomic E-state index is -0.260. The molecule has 0 aromatic carbocycles. The van der Waals surface area contributed by atoms with Gasteiger partial charge in [-0.2, -0.15) is 0 Å². The summed E-state index contributed by atoms with van der Waals surface area (Å²) in [5.41, 5.74) is 5.14. The molecule has 0 aromatic heterocycles. The van der Waals surface area contributed by atoms with Gasteiger partial charge < -0.3 is 27.5 Å². The number of primary amides is 1. The summed E-state index contributed by atoms with van der Waals surface area (Å²) < 4.78 is 0.809. The van der Waals surface area contributed by atoms with Crippen LogP contribution in [0.3, 0.4) is 0 Å². The summed E-state index contributed by atoms with van der Waals surface area (Å²) in [5, 5.41) is 0. The lowest BCUT2D eigenvalue weighted by Crippen LogP contribution is -3.00. The van der Waals surface area contributed by atoms with Crippen LogP contribution in [0.5, 0.6) is 0 Å². The molecule has 0 radical (unpaired) electrons. The smallest absolute Gasteiger partial charge is 0.246 e. The van der Waals surface area contributed by atoms with Gasteiger partial charge in [-0.25, -0.2) is 0 Å². The predicted molar refractivity (Wildman–Crippen MR) is 61.4 cm³/mol. The second-order valence-corrected chi connectivity index (χ2v) is 4.54. The Morgan fingerprint density at radius 3 is 2.35 bits per heavy atom. The summed E-state index contributed by atoms with van der Waals surface area (Å²) in [6, 6.07) is 0. The second kappa shape index (κ2) is 6.61. The van der Waals surface area contributed by atoms with Crippen LogP contribution in [0.4, 0.5) is 0 Å². The molecule has 98 valence electrons. The molecule has 1 aliphatic heterocycles. The van der Waals surface area contributed by atoms with E-state index in [1.807, 2.05) is 0 Å². The Hall–Kier alpha value is -1.07. The van der Waals surface area contributed by atoms with Gasteiger partial charge in [-0.3, -0.25) is 9.59 Å². The normalized spacial score (nSPS) is 18.1. The first-order valence-electron chi connectivity index (χ1n) is 5.50. The van der Waals surface area contributed by atoms with Gasteiger partial charge in [-0.05, 0) is 6.08 Å². The highest BCUT2D eigenvalue weighted by atomic mass is 35.5. The zero-order valence-electron chi connectivity index (χ0n) is 10.2. The molecule has 0 aliphatic carbocycles. The number of hydrogen-bond acceptors (Lipinski definition) is 2. The minimum absolute atomic E-state index is 0. The monoisotopic (exact) mass is 261 g/mol. The van der Waals surface area contributed by atoms with Crippen molar-refractivity contribution in [3.05, 3.63) is 12.7 Å². The molecule has 1 fully saturated rings. The van der Waals surface area contributed by atoms with Crippen LogP contribution in [-0.2, 0) is 9.59 Å². The summed E-state index contributed by atoms with van der Waals surface area (Å²) in [6.07, 6.45) is 1.75. The van der Waals surface area contributed by atoms with Crippen LogP contribution in [0.15, 0.2) is 12.7 Å². The van der Waals surface area contributed by atoms with Crippen LogP contribution in [0, 0.1) is 0 Å². The predicted octanol–water partition coefficient (Wildman–Crippen LogP) is -3.66. The molecule has 17 heavy (non-hydrogen) atoms. The zero-order chi connectivity index (χ0) is 12.2. The van der Waals surface area contributed by atoms with Gasteiger partial charge in [0.25, 0.3) is 0 Å². The molecule has 0 unspecified atom stereocenters. The highest BCUT2D eigenvalue weighted by molar-refractivity contribution is 5.87. The lowest BCUT2D eigenvalue weighted by Gasteiger charge is -2.41. The van der Waals surface area contributed by atoms with Crippen molar-refractivity contribution in [2.75, 3.05) is 39.8 Å². The first-order chi connectivity index (χ1) is 7.47. The van der Waals surface area contributed by atoms with E-state index in [0.29, 0.717) is 6.42 Å². The van der Waals surface area contributed by atoms with Gasteiger partial charge in [-0.15, -0.1) is 0 Å². The molecule has 2 amide bonds. The Labute approximate surface area is 108 Å². The van der Waals surface area contributed by atoms with Gasteiger partial charge in [0, 0.05) is 0 Å². The van der Waals surface area contributed by atoms with Crippen molar-refractivity contribution >= 4 is 11.8 Å². The lowest BCUT2D eigenvalue weighted by molar-refractivity contribution is -0.912. The number of carbonyl (C=O) groups excluding carboxylic acids is 2. The zero-order valence-corrected chi connectivity index (χ0v) is 10.9. The average Bonchev–Trinajstić information content (AvgIpc) is 2.27. The third-order valence-electron chi connectivity index (χ3n) is 3.20. The van der Waals surface area contributed by atoms with Crippen molar-refractivity contribution in [1.29, 1.82) is 0 Å². The summed E-state index contributed by atoms with van der Waals surface area (Å²) in [7, 11) is 2.10. The molecule has 0 bridgehead atoms. The highest BCUT2D eigenvalue weighted by Crippen LogP contribution is 2.11. The highest BCUT2D eigenvalue weighted by Gasteiger charge is 2.29. The fourth-order valence-corrected chi connectivity index (χ4v) is 1.90. The molecule has 0 spiro atoms. The number of nitrogens with zero attached hydrogens (tertiary/aromatic N) is 2. The molecular weight excluding hydrogens is 242 g/mol. The second-order valence-electron chi connectivity index (χ2n) is 4.54. The topological polar surface area (TPSA) is 63.4 Å². The number of piperazine rings is 1. The van der Waals surface area contributed by atoms with Crippen molar-refractivity contribution in [2.24, 2.45) is 5.73 Å². The number of halogens is 1. The van der Waals surface area contributed by atoms with E-state index in [1.54, 1.807) is 4.90 Å². The summed E-state index contributed by atoms with van der Waals surface area (Å²) in [5.74, 6) is -0.273. The summed E-state index contributed by atoms with van der Waals surface area (Å²) in [6.45, 7) is 7.41. The number of carbonyl (C=O) groups is 2. The Kier molecular flexibility index (Phi) is 6.20. The molecule has 1 rings (SSSR count). The van der Waals surface area contributed by atoms with Crippen LogP contribution < -0.4 is 18.1 Å². The summed E-state index contributed by atoms with van der Waals surface area (Å²) >= 11 is 0. The van der Waals surface area contributed by atoms with Crippen LogP contribution in [0.2, 0.25) is 0 Å². The number of quaternary nitrogens is 1. The molecule has 1 heterocycles. The van der Waals surface area contributed by atoms with Gasteiger partial charge in [0.1, 0.15) is 0 Å². The standard InChI is InChI=1S/C11H19N3O2.ClH/c1-3-11(16)13-5-8-14(2,9-6-13)7-4-10(12)15;/h3H,1,4-9H2,2H3,(H-,12,15);1H. The Bertz CT molecular complexity index is 299. The van der Waals surface area contributed by atoms with E-state index in [-0.39, 0.29) is 24.2 Å². The number of hydrogen-bond donors (Lipinski definition) is 1. The van der Waals surface area contributed by atoms with Gasteiger partial charge in [0.2, 0.25) is 11.8 Å². The van der Waals surface area contributed by atoms with Gasteiger partial charge >= 0.3 is 0 Å². The fraction of sp³-hybridized carbons (Fsp3) is 0.636. The molecule has 1 saturated heterocycles. The third kappa shape index (κ3) is 4.75. The number of nitrogens with two attached hydrogens (primary N) is 1. The molecule has 0 aromatic rings. The largest absolute Gasteiger partial charge is 1.00 e. The van der Waals surface area contributed by atoms with E-state index < -0.39 is 0 Å². The van der Waals surface area contributed by atoms with E-state index in [9.17, 15) is 9.59 Å². The molecular formula is C11H20ClN3O2. The van der Waals surface area contributed by atoms with Gasteiger partial charge in [0.05, 0.1) is 46.2 Å². The van der Waals surface area contributed by atoms with Crippen LogP contribution in [0.25, 0.3) is 0 Å². The average molecular weight is 262 g/mol. The van der Waals surface area contributed by atoms with Crippen LogP contribution in [-0.4, -0.2) is 61.0 Å². The number of rotatable bonds is 4. The Balaban J connectivity index is 0.00000256. The fourth-order valence-electron chi connectivity index (χ4n) is 1.90. The summed E-state index contributed by atoms with van der Waals surface area (Å²) in [4.78, 5) is 23.9. The Morgan fingerprint density at radius 2 is 1.94 bits per heavy atom. The van der Waals surface area contributed by atoms with Crippen LogP contribution in [0.1, 0.15) is 6.42 Å². The minimum Gasteiger partial charge on any atom is -1.00 e. The maximum Gasteiger partial charge on any atom is 0.246 e. The molecule has 1 aliphatic rings. The van der Waals surface area contributed by atoms with Crippen molar-refractivity contribution < 1.29 is 26.5 Å². The maximum absolute atomic E-state index is 11.4. The maximum atomic E-state index is 11.4. The molecule has 0 saturated carbocycles.